The summed E-state index contributed by atoms with van der Waals surface area (Å²) in [4.78, 5) is 17.2. The molecule has 2 aromatic heterocycles. The predicted molar refractivity (Wildman–Crippen MR) is 80.5 cm³/mol. The number of carbonyl (C=O) groups is 1. The van der Waals surface area contributed by atoms with Crippen molar-refractivity contribution in [3.63, 3.8) is 0 Å². The number of thiazole rings is 1. The standard InChI is InChI=1S/C12H8N4OS3/c17-10(15-11-13-5-6-18-11)8-3-1-2-4-9(8)20-12-16-14-7-19-12/h1-7H,(H,13,15,17). The number of rotatable bonds is 4. The average molecular weight is 320 g/mol. The Morgan fingerprint density at radius 1 is 1.25 bits per heavy atom. The molecule has 1 N–H and O–H groups in total. The summed E-state index contributed by atoms with van der Waals surface area (Å²) in [5.41, 5.74) is 2.27. The van der Waals surface area contributed by atoms with Gasteiger partial charge in [-0.1, -0.05) is 35.2 Å². The van der Waals surface area contributed by atoms with E-state index in [-0.39, 0.29) is 5.91 Å². The molecule has 0 atom stereocenters. The molecular weight excluding hydrogens is 312 g/mol. The third kappa shape index (κ3) is 3.03. The molecule has 0 aliphatic heterocycles. The second kappa shape index (κ2) is 6.12. The lowest BCUT2D eigenvalue weighted by atomic mass is 10.2. The van der Waals surface area contributed by atoms with Crippen molar-refractivity contribution in [3.05, 3.63) is 46.9 Å². The zero-order valence-electron chi connectivity index (χ0n) is 10.0. The minimum atomic E-state index is -0.174. The largest absolute Gasteiger partial charge is 0.298 e. The molecule has 100 valence electrons. The van der Waals surface area contributed by atoms with Crippen molar-refractivity contribution in [1.82, 2.24) is 15.2 Å². The van der Waals surface area contributed by atoms with Crippen LogP contribution in [0.15, 0.2) is 50.6 Å². The number of carbonyl (C=O) groups excluding carboxylic acids is 1. The van der Waals surface area contributed by atoms with E-state index in [0.29, 0.717) is 10.7 Å². The van der Waals surface area contributed by atoms with Gasteiger partial charge >= 0.3 is 0 Å². The van der Waals surface area contributed by atoms with Crippen LogP contribution in [-0.2, 0) is 0 Å². The van der Waals surface area contributed by atoms with E-state index in [9.17, 15) is 4.79 Å². The molecule has 0 spiro atoms. The van der Waals surface area contributed by atoms with Crippen molar-refractivity contribution in [3.8, 4) is 0 Å². The summed E-state index contributed by atoms with van der Waals surface area (Å²) in [5, 5.41) is 13.0. The van der Waals surface area contributed by atoms with Gasteiger partial charge in [0.2, 0.25) is 0 Å². The summed E-state index contributed by atoms with van der Waals surface area (Å²) in [6.07, 6.45) is 1.65. The molecule has 8 heteroatoms. The Morgan fingerprint density at radius 2 is 2.15 bits per heavy atom. The van der Waals surface area contributed by atoms with E-state index < -0.39 is 0 Å². The van der Waals surface area contributed by atoms with Gasteiger partial charge in [0, 0.05) is 16.5 Å². The summed E-state index contributed by atoms with van der Waals surface area (Å²) in [6.45, 7) is 0. The van der Waals surface area contributed by atoms with Crippen LogP contribution in [0.4, 0.5) is 5.13 Å². The SMILES string of the molecule is O=C(Nc1nccs1)c1ccccc1Sc1nncs1. The summed E-state index contributed by atoms with van der Waals surface area (Å²) in [7, 11) is 0. The van der Waals surface area contributed by atoms with E-state index >= 15 is 0 Å². The first-order valence-electron chi connectivity index (χ1n) is 5.57. The fourth-order valence-corrected chi connectivity index (χ4v) is 3.58. The lowest BCUT2D eigenvalue weighted by Crippen LogP contribution is -2.12. The molecular formula is C12H8N4OS3. The quantitative estimate of drug-likeness (QED) is 0.798. The second-order valence-corrected chi connectivity index (χ2v) is 6.61. The highest BCUT2D eigenvalue weighted by atomic mass is 32.2. The van der Waals surface area contributed by atoms with Crippen LogP contribution < -0.4 is 5.32 Å². The number of nitrogens with one attached hydrogen (secondary N) is 1. The van der Waals surface area contributed by atoms with E-state index in [0.717, 1.165) is 9.24 Å². The molecule has 2 heterocycles. The number of benzene rings is 1. The van der Waals surface area contributed by atoms with Crippen LogP contribution in [0.2, 0.25) is 0 Å². The zero-order valence-corrected chi connectivity index (χ0v) is 12.5. The van der Waals surface area contributed by atoms with Crippen LogP contribution in [0.5, 0.6) is 0 Å². The second-order valence-electron chi connectivity index (χ2n) is 3.59. The van der Waals surface area contributed by atoms with E-state index in [4.69, 9.17) is 0 Å². The minimum Gasteiger partial charge on any atom is -0.298 e. The fourth-order valence-electron chi connectivity index (χ4n) is 1.49. The summed E-state index contributed by atoms with van der Waals surface area (Å²) >= 11 is 4.26. The number of amides is 1. The molecule has 0 aliphatic rings. The number of nitrogens with zero attached hydrogens (tertiary/aromatic N) is 3. The Balaban J connectivity index is 1.83. The van der Waals surface area contributed by atoms with Crippen LogP contribution in [-0.4, -0.2) is 21.1 Å². The number of aromatic nitrogens is 3. The van der Waals surface area contributed by atoms with E-state index in [1.54, 1.807) is 17.8 Å². The highest BCUT2D eigenvalue weighted by Gasteiger charge is 2.14. The van der Waals surface area contributed by atoms with Crippen molar-refractivity contribution in [2.75, 3.05) is 5.32 Å². The summed E-state index contributed by atoms with van der Waals surface area (Å²) < 4.78 is 0.805. The van der Waals surface area contributed by atoms with Crippen LogP contribution >= 0.6 is 34.4 Å². The van der Waals surface area contributed by atoms with Gasteiger partial charge in [0.05, 0.1) is 5.56 Å². The lowest BCUT2D eigenvalue weighted by molar-refractivity contribution is 0.102. The Kier molecular flexibility index (Phi) is 4.05. The highest BCUT2D eigenvalue weighted by molar-refractivity contribution is 8.01. The first-order chi connectivity index (χ1) is 9.83. The molecule has 0 saturated carbocycles. The molecule has 0 aliphatic carbocycles. The van der Waals surface area contributed by atoms with Gasteiger partial charge in [0.25, 0.3) is 5.91 Å². The maximum Gasteiger partial charge on any atom is 0.258 e. The van der Waals surface area contributed by atoms with Gasteiger partial charge in [0.1, 0.15) is 5.51 Å². The van der Waals surface area contributed by atoms with Crippen LogP contribution in [0.3, 0.4) is 0 Å². The normalized spacial score (nSPS) is 10.4. The Hall–Kier alpha value is -1.77. The van der Waals surface area contributed by atoms with Crippen molar-refractivity contribution in [2.45, 2.75) is 9.24 Å². The first kappa shape index (κ1) is 13.2. The van der Waals surface area contributed by atoms with Gasteiger partial charge in [-0.05, 0) is 12.1 Å². The Morgan fingerprint density at radius 3 is 2.90 bits per heavy atom. The van der Waals surface area contributed by atoms with Crippen LogP contribution in [0.25, 0.3) is 0 Å². The van der Waals surface area contributed by atoms with Gasteiger partial charge in [0.15, 0.2) is 9.47 Å². The third-order valence-corrected chi connectivity index (χ3v) is 4.86. The van der Waals surface area contributed by atoms with Crippen molar-refractivity contribution in [1.29, 1.82) is 0 Å². The van der Waals surface area contributed by atoms with E-state index in [2.05, 4.69) is 20.5 Å². The van der Waals surface area contributed by atoms with Crippen LogP contribution in [0, 0.1) is 0 Å². The Bertz CT molecular complexity index is 697. The maximum atomic E-state index is 12.3. The first-order valence-corrected chi connectivity index (χ1v) is 8.14. The molecule has 0 radical (unpaired) electrons. The smallest absolute Gasteiger partial charge is 0.258 e. The molecule has 0 bridgehead atoms. The number of hydrogen-bond donors (Lipinski definition) is 1. The molecule has 5 nitrogen and oxygen atoms in total. The molecule has 0 saturated heterocycles. The number of hydrogen-bond acceptors (Lipinski definition) is 7. The van der Waals surface area contributed by atoms with Crippen LogP contribution in [0.1, 0.15) is 10.4 Å². The highest BCUT2D eigenvalue weighted by Crippen LogP contribution is 2.31. The molecule has 1 aromatic carbocycles. The van der Waals surface area contributed by atoms with Gasteiger partial charge in [-0.2, -0.15) is 0 Å². The number of anilines is 1. The molecule has 3 rings (SSSR count). The third-order valence-electron chi connectivity index (χ3n) is 2.32. The van der Waals surface area contributed by atoms with Gasteiger partial charge in [-0.25, -0.2) is 4.98 Å². The van der Waals surface area contributed by atoms with E-state index in [1.807, 2.05) is 23.6 Å². The lowest BCUT2D eigenvalue weighted by Gasteiger charge is -2.06. The fraction of sp³-hybridized carbons (Fsp3) is 0. The summed E-state index contributed by atoms with van der Waals surface area (Å²) in [5.74, 6) is -0.174. The van der Waals surface area contributed by atoms with E-state index in [1.165, 1.54) is 34.4 Å². The minimum absolute atomic E-state index is 0.174. The zero-order chi connectivity index (χ0) is 13.8. The van der Waals surface area contributed by atoms with Crippen molar-refractivity contribution < 1.29 is 4.79 Å². The molecule has 0 fully saturated rings. The van der Waals surface area contributed by atoms with Crippen molar-refractivity contribution in [2.24, 2.45) is 0 Å². The topological polar surface area (TPSA) is 67.8 Å². The monoisotopic (exact) mass is 320 g/mol. The predicted octanol–water partition coefficient (Wildman–Crippen LogP) is 3.40. The summed E-state index contributed by atoms with van der Waals surface area (Å²) in [6, 6.07) is 7.40. The van der Waals surface area contributed by atoms with Crippen molar-refractivity contribution >= 4 is 45.5 Å². The molecule has 0 unspecified atom stereocenters. The molecule has 20 heavy (non-hydrogen) atoms. The van der Waals surface area contributed by atoms with Gasteiger partial charge in [-0.3, -0.25) is 10.1 Å². The molecule has 3 aromatic rings. The average Bonchev–Trinajstić information content (AvgIpc) is 3.13. The van der Waals surface area contributed by atoms with Gasteiger partial charge < -0.3 is 0 Å². The Labute approximate surface area is 127 Å². The van der Waals surface area contributed by atoms with Gasteiger partial charge in [-0.15, -0.1) is 21.5 Å². The maximum absolute atomic E-state index is 12.3. The molecule has 1 amide bonds.